The van der Waals surface area contributed by atoms with E-state index < -0.39 is 0 Å². The quantitative estimate of drug-likeness (QED) is 0.837. The van der Waals surface area contributed by atoms with Crippen LogP contribution < -0.4 is 0 Å². The Kier molecular flexibility index (Phi) is 6.31. The number of furan rings is 1. The fraction of sp³-hybridized carbons (Fsp3) is 0.312. The number of benzene rings is 1. The fourth-order valence-corrected chi connectivity index (χ4v) is 2.43. The first kappa shape index (κ1) is 16.9. The topological polar surface area (TPSA) is 53.7 Å². The normalized spacial score (nSPS) is 10.7. The van der Waals surface area contributed by atoms with E-state index in [2.05, 4.69) is 0 Å². The number of hydrogen-bond donors (Lipinski definition) is 1. The van der Waals surface area contributed by atoms with E-state index in [4.69, 9.17) is 32.7 Å². The second kappa shape index (κ2) is 8.22. The third-order valence-corrected chi connectivity index (χ3v) is 3.98. The number of hydrogen-bond acceptors (Lipinski definition) is 3. The lowest BCUT2D eigenvalue weighted by atomic mass is 10.2. The van der Waals surface area contributed by atoms with Crippen LogP contribution in [0.5, 0.6) is 0 Å². The van der Waals surface area contributed by atoms with E-state index in [1.165, 1.54) is 0 Å². The average molecular weight is 342 g/mol. The Hall–Kier alpha value is -1.49. The van der Waals surface area contributed by atoms with Crippen LogP contribution in [0.4, 0.5) is 0 Å². The van der Waals surface area contributed by atoms with Gasteiger partial charge < -0.3 is 14.4 Å². The van der Waals surface area contributed by atoms with Crippen molar-refractivity contribution >= 4 is 29.1 Å². The third-order valence-electron chi connectivity index (χ3n) is 3.25. The predicted molar refractivity (Wildman–Crippen MR) is 86.0 cm³/mol. The maximum absolute atomic E-state index is 12.3. The summed E-state index contributed by atoms with van der Waals surface area (Å²) in [5.41, 5.74) is 0.870. The van der Waals surface area contributed by atoms with E-state index in [-0.39, 0.29) is 19.1 Å². The maximum atomic E-state index is 12.3. The van der Waals surface area contributed by atoms with Crippen LogP contribution in [0.25, 0.3) is 0 Å². The Morgan fingerprint density at radius 1 is 1.23 bits per heavy atom. The average Bonchev–Trinajstić information content (AvgIpc) is 3.01. The van der Waals surface area contributed by atoms with Crippen molar-refractivity contribution < 1.29 is 14.3 Å². The van der Waals surface area contributed by atoms with Gasteiger partial charge in [-0.25, -0.2) is 0 Å². The number of carbonyl (C=O) groups excluding carboxylic acids is 1. The first-order chi connectivity index (χ1) is 10.6. The van der Waals surface area contributed by atoms with Gasteiger partial charge in [-0.2, -0.15) is 0 Å². The molecule has 2 rings (SSSR count). The van der Waals surface area contributed by atoms with Crippen molar-refractivity contribution in [1.82, 2.24) is 4.90 Å². The van der Waals surface area contributed by atoms with Gasteiger partial charge in [0.2, 0.25) is 5.91 Å². The van der Waals surface area contributed by atoms with Crippen LogP contribution in [0.2, 0.25) is 10.0 Å². The highest BCUT2D eigenvalue weighted by Gasteiger charge is 2.14. The van der Waals surface area contributed by atoms with Crippen LogP contribution in [0.1, 0.15) is 17.7 Å². The molecular weight excluding hydrogens is 325 g/mol. The molecule has 22 heavy (non-hydrogen) atoms. The molecule has 0 radical (unpaired) electrons. The summed E-state index contributed by atoms with van der Waals surface area (Å²) in [6.07, 6.45) is 2.45. The number of amides is 1. The third kappa shape index (κ3) is 4.77. The molecule has 1 heterocycles. The Balaban J connectivity index is 1.98. The highest BCUT2D eigenvalue weighted by atomic mass is 35.5. The van der Waals surface area contributed by atoms with Gasteiger partial charge in [0.25, 0.3) is 0 Å². The molecule has 1 aromatic heterocycles. The summed E-state index contributed by atoms with van der Waals surface area (Å²) in [6.45, 7) is 0.569. The molecule has 4 nitrogen and oxygen atoms in total. The van der Waals surface area contributed by atoms with E-state index in [1.54, 1.807) is 29.4 Å². The monoisotopic (exact) mass is 341 g/mol. The lowest BCUT2D eigenvalue weighted by molar-refractivity contribution is -0.132. The first-order valence-electron chi connectivity index (χ1n) is 6.95. The molecule has 0 unspecified atom stereocenters. The SMILES string of the molecule is O=C(CCc1ccco1)N(CCO)Cc1ccc(Cl)c(Cl)c1. The predicted octanol–water partition coefficient (Wildman–Crippen LogP) is 3.54. The summed E-state index contributed by atoms with van der Waals surface area (Å²) in [5.74, 6) is 0.725. The molecule has 0 aliphatic heterocycles. The van der Waals surface area contributed by atoms with Gasteiger partial charge in [0.05, 0.1) is 22.9 Å². The number of aliphatic hydroxyl groups is 1. The number of halogens is 2. The molecule has 1 N–H and O–H groups in total. The van der Waals surface area contributed by atoms with E-state index in [9.17, 15) is 4.79 Å². The zero-order valence-corrected chi connectivity index (χ0v) is 13.5. The smallest absolute Gasteiger partial charge is 0.223 e. The van der Waals surface area contributed by atoms with Crippen molar-refractivity contribution in [3.63, 3.8) is 0 Å². The molecule has 0 fully saturated rings. The largest absolute Gasteiger partial charge is 0.469 e. The molecule has 0 saturated heterocycles. The number of carbonyl (C=O) groups is 1. The maximum Gasteiger partial charge on any atom is 0.223 e. The molecular formula is C16H17Cl2NO3. The van der Waals surface area contributed by atoms with Gasteiger partial charge in [-0.15, -0.1) is 0 Å². The van der Waals surface area contributed by atoms with E-state index >= 15 is 0 Å². The minimum absolute atomic E-state index is 0.0449. The molecule has 0 aliphatic carbocycles. The van der Waals surface area contributed by atoms with Crippen molar-refractivity contribution in [2.75, 3.05) is 13.2 Å². The van der Waals surface area contributed by atoms with Crippen molar-refractivity contribution in [3.8, 4) is 0 Å². The van der Waals surface area contributed by atoms with Gasteiger partial charge in [-0.3, -0.25) is 4.79 Å². The van der Waals surface area contributed by atoms with Crippen LogP contribution in [-0.4, -0.2) is 29.1 Å². The second-order valence-electron chi connectivity index (χ2n) is 4.87. The molecule has 1 aromatic carbocycles. The van der Waals surface area contributed by atoms with Gasteiger partial charge >= 0.3 is 0 Å². The van der Waals surface area contributed by atoms with Crippen molar-refractivity contribution in [1.29, 1.82) is 0 Å². The minimum atomic E-state index is -0.0895. The van der Waals surface area contributed by atoms with Gasteiger partial charge in [0.1, 0.15) is 5.76 Å². The summed E-state index contributed by atoms with van der Waals surface area (Å²) in [6, 6.07) is 8.87. The molecule has 0 aliphatic rings. The number of aryl methyl sites for hydroxylation is 1. The zero-order chi connectivity index (χ0) is 15.9. The Morgan fingerprint density at radius 3 is 2.68 bits per heavy atom. The van der Waals surface area contributed by atoms with Crippen LogP contribution in [-0.2, 0) is 17.8 Å². The van der Waals surface area contributed by atoms with Crippen LogP contribution in [0.3, 0.4) is 0 Å². The van der Waals surface area contributed by atoms with Crippen LogP contribution >= 0.6 is 23.2 Å². The van der Waals surface area contributed by atoms with Crippen molar-refractivity contribution in [2.24, 2.45) is 0 Å². The fourth-order valence-electron chi connectivity index (χ4n) is 2.11. The van der Waals surface area contributed by atoms with E-state index in [0.29, 0.717) is 29.4 Å². The molecule has 118 valence electrons. The zero-order valence-electron chi connectivity index (χ0n) is 12.0. The molecule has 0 bridgehead atoms. The number of nitrogens with zero attached hydrogens (tertiary/aromatic N) is 1. The summed E-state index contributed by atoms with van der Waals surface area (Å²) >= 11 is 11.9. The van der Waals surface area contributed by atoms with Gasteiger partial charge in [0, 0.05) is 25.9 Å². The van der Waals surface area contributed by atoms with E-state index in [0.717, 1.165) is 11.3 Å². The summed E-state index contributed by atoms with van der Waals surface area (Å²) < 4.78 is 5.22. The summed E-state index contributed by atoms with van der Waals surface area (Å²) in [7, 11) is 0. The van der Waals surface area contributed by atoms with Gasteiger partial charge in [-0.05, 0) is 29.8 Å². The lowest BCUT2D eigenvalue weighted by Gasteiger charge is -2.22. The number of rotatable bonds is 7. The van der Waals surface area contributed by atoms with Crippen LogP contribution in [0, 0.1) is 0 Å². The van der Waals surface area contributed by atoms with Crippen molar-refractivity contribution in [3.05, 3.63) is 58.0 Å². The Morgan fingerprint density at radius 2 is 2.05 bits per heavy atom. The van der Waals surface area contributed by atoms with Gasteiger partial charge in [-0.1, -0.05) is 29.3 Å². The summed E-state index contributed by atoms with van der Waals surface area (Å²) in [4.78, 5) is 13.9. The highest BCUT2D eigenvalue weighted by Crippen LogP contribution is 2.23. The molecule has 1 amide bonds. The minimum Gasteiger partial charge on any atom is -0.469 e. The molecule has 0 spiro atoms. The summed E-state index contributed by atoms with van der Waals surface area (Å²) in [5, 5.41) is 10.1. The second-order valence-corrected chi connectivity index (χ2v) is 5.68. The molecule has 6 heteroatoms. The van der Waals surface area contributed by atoms with E-state index in [1.807, 2.05) is 12.1 Å². The molecule has 0 saturated carbocycles. The molecule has 0 atom stereocenters. The van der Waals surface area contributed by atoms with Gasteiger partial charge in [0.15, 0.2) is 0 Å². The highest BCUT2D eigenvalue weighted by molar-refractivity contribution is 6.42. The standard InChI is InChI=1S/C16H17Cl2NO3/c17-14-5-3-12(10-15(14)18)11-19(7-8-20)16(21)6-4-13-2-1-9-22-13/h1-3,5,9-10,20H,4,6-8,11H2. The number of aliphatic hydroxyl groups excluding tert-OH is 1. The Labute approximate surface area is 139 Å². The first-order valence-corrected chi connectivity index (χ1v) is 7.70. The van der Waals surface area contributed by atoms with Crippen molar-refractivity contribution in [2.45, 2.75) is 19.4 Å². The molecule has 2 aromatic rings. The van der Waals surface area contributed by atoms with Crippen LogP contribution in [0.15, 0.2) is 41.0 Å². The Bertz CT molecular complexity index is 614. The lowest BCUT2D eigenvalue weighted by Crippen LogP contribution is -2.33.